The van der Waals surface area contributed by atoms with Crippen molar-refractivity contribution in [1.82, 2.24) is 10.4 Å². The molecule has 0 radical (unpaired) electrons. The monoisotopic (exact) mass is 390 g/mol. The fraction of sp³-hybridized carbons (Fsp3) is 0.571. The van der Waals surface area contributed by atoms with E-state index in [0.29, 0.717) is 6.61 Å². The summed E-state index contributed by atoms with van der Waals surface area (Å²) >= 11 is 7.11. The van der Waals surface area contributed by atoms with Crippen LogP contribution in [0, 0.1) is 0 Å². The van der Waals surface area contributed by atoms with Gasteiger partial charge in [-0.3, -0.25) is 5.43 Å². The van der Waals surface area contributed by atoms with Crippen molar-refractivity contribution < 1.29 is 4.74 Å². The third-order valence-electron chi connectivity index (χ3n) is 3.22. The molecule has 1 saturated heterocycles. The van der Waals surface area contributed by atoms with Crippen LogP contribution in [0.2, 0.25) is 0 Å². The molecule has 0 aromatic heterocycles. The van der Waals surface area contributed by atoms with Crippen molar-refractivity contribution in [3.8, 4) is 5.75 Å². The van der Waals surface area contributed by atoms with Gasteiger partial charge in [-0.05, 0) is 47.8 Å². The molecule has 1 aliphatic heterocycles. The number of ether oxygens (including phenoxy) is 1. The van der Waals surface area contributed by atoms with Crippen LogP contribution in [0.25, 0.3) is 0 Å². The molecule has 0 aliphatic carbocycles. The average molecular weight is 392 g/mol. The summed E-state index contributed by atoms with van der Waals surface area (Å²) in [5, 5.41) is 2.31. The van der Waals surface area contributed by atoms with Gasteiger partial charge in [-0.25, -0.2) is 5.01 Å². The van der Waals surface area contributed by atoms with Gasteiger partial charge in [-0.15, -0.1) is 0 Å². The third kappa shape index (κ3) is 4.45. The highest BCUT2D eigenvalue weighted by Gasteiger charge is 2.13. The Hall–Kier alpha value is -0.100. The van der Waals surface area contributed by atoms with Gasteiger partial charge in [0.05, 0.1) is 11.1 Å². The number of nitrogens with zero attached hydrogens (tertiary/aromatic N) is 1. The van der Waals surface area contributed by atoms with E-state index >= 15 is 0 Å². The highest BCUT2D eigenvalue weighted by atomic mass is 79.9. The average Bonchev–Trinajstić information content (AvgIpc) is 2.41. The molecule has 0 bridgehead atoms. The molecule has 1 heterocycles. The van der Waals surface area contributed by atoms with Crippen LogP contribution in [0.4, 0.5) is 0 Å². The molecule has 0 saturated carbocycles. The summed E-state index contributed by atoms with van der Waals surface area (Å²) in [6, 6.07) is 4.14. The second kappa shape index (κ2) is 7.62. The first-order valence-electron chi connectivity index (χ1n) is 6.80. The smallest absolute Gasteiger partial charge is 0.138 e. The fourth-order valence-corrected chi connectivity index (χ4v) is 3.73. The largest absolute Gasteiger partial charge is 0.492 e. The van der Waals surface area contributed by atoms with E-state index in [1.165, 1.54) is 24.8 Å². The molecule has 1 aliphatic rings. The van der Waals surface area contributed by atoms with E-state index in [9.17, 15) is 0 Å². The van der Waals surface area contributed by atoms with Gasteiger partial charge in [0.2, 0.25) is 0 Å². The van der Waals surface area contributed by atoms with Crippen LogP contribution in [0.15, 0.2) is 21.1 Å². The summed E-state index contributed by atoms with van der Waals surface area (Å²) in [6.07, 6.45) is 3.92. The van der Waals surface area contributed by atoms with Crippen molar-refractivity contribution in [3.05, 3.63) is 26.6 Å². The van der Waals surface area contributed by atoms with Gasteiger partial charge in [0.25, 0.3) is 0 Å². The van der Waals surface area contributed by atoms with Crippen LogP contribution in [-0.4, -0.2) is 24.7 Å². The van der Waals surface area contributed by atoms with Crippen LogP contribution in [0.3, 0.4) is 0 Å². The summed E-state index contributed by atoms with van der Waals surface area (Å²) in [6.45, 7) is 5.76. The quantitative estimate of drug-likeness (QED) is 0.817. The van der Waals surface area contributed by atoms with Gasteiger partial charge in [0, 0.05) is 29.7 Å². The van der Waals surface area contributed by atoms with Crippen molar-refractivity contribution in [2.24, 2.45) is 0 Å². The number of piperidine rings is 1. The van der Waals surface area contributed by atoms with Crippen LogP contribution < -0.4 is 10.2 Å². The van der Waals surface area contributed by atoms with Gasteiger partial charge in [0.15, 0.2) is 0 Å². The minimum absolute atomic E-state index is 0.678. The number of hydrogen-bond donors (Lipinski definition) is 1. The molecule has 1 fully saturated rings. The minimum atomic E-state index is 0.678. The van der Waals surface area contributed by atoms with E-state index in [4.69, 9.17) is 4.74 Å². The Morgan fingerprint density at radius 2 is 1.95 bits per heavy atom. The Balaban J connectivity index is 2.04. The maximum Gasteiger partial charge on any atom is 0.138 e. The Morgan fingerprint density at radius 1 is 1.21 bits per heavy atom. The lowest BCUT2D eigenvalue weighted by molar-refractivity contribution is 0.150. The molecular formula is C14H20Br2N2O. The molecule has 3 nitrogen and oxygen atoms in total. The summed E-state index contributed by atoms with van der Waals surface area (Å²) in [7, 11) is 0. The summed E-state index contributed by atoms with van der Waals surface area (Å²) in [4.78, 5) is 0. The normalized spacial score (nSPS) is 16.6. The SMILES string of the molecule is CCOc1c(Br)cc(Br)cc1CNN1CCCCC1. The molecule has 1 aromatic carbocycles. The van der Waals surface area contributed by atoms with E-state index in [-0.39, 0.29) is 0 Å². The van der Waals surface area contributed by atoms with E-state index in [2.05, 4.69) is 48.4 Å². The lowest BCUT2D eigenvalue weighted by atomic mass is 10.1. The zero-order valence-corrected chi connectivity index (χ0v) is 14.4. The molecule has 0 amide bonds. The molecule has 19 heavy (non-hydrogen) atoms. The number of hydrogen-bond acceptors (Lipinski definition) is 3. The molecule has 1 N–H and O–H groups in total. The minimum Gasteiger partial charge on any atom is -0.492 e. The maximum atomic E-state index is 5.74. The van der Waals surface area contributed by atoms with E-state index in [0.717, 1.165) is 34.3 Å². The number of rotatable bonds is 5. The first-order chi connectivity index (χ1) is 9.20. The topological polar surface area (TPSA) is 24.5 Å². The molecule has 0 atom stereocenters. The summed E-state index contributed by atoms with van der Waals surface area (Å²) in [5.41, 5.74) is 4.68. The van der Waals surface area contributed by atoms with Gasteiger partial charge in [-0.1, -0.05) is 22.4 Å². The van der Waals surface area contributed by atoms with E-state index in [1.807, 2.05) is 13.0 Å². The lowest BCUT2D eigenvalue weighted by Gasteiger charge is -2.27. The second-order valence-electron chi connectivity index (χ2n) is 4.69. The Bertz CT molecular complexity index is 420. The maximum absolute atomic E-state index is 5.74. The number of hydrazine groups is 1. The number of nitrogens with one attached hydrogen (secondary N) is 1. The lowest BCUT2D eigenvalue weighted by Crippen LogP contribution is -2.41. The van der Waals surface area contributed by atoms with Crippen LogP contribution in [0.5, 0.6) is 5.75 Å². The zero-order chi connectivity index (χ0) is 13.7. The van der Waals surface area contributed by atoms with Crippen molar-refractivity contribution in [2.75, 3.05) is 19.7 Å². The molecule has 0 unspecified atom stereocenters. The van der Waals surface area contributed by atoms with Crippen molar-refractivity contribution >= 4 is 31.9 Å². The first kappa shape index (κ1) is 15.3. The molecule has 5 heteroatoms. The Morgan fingerprint density at radius 3 is 2.63 bits per heavy atom. The highest BCUT2D eigenvalue weighted by Crippen LogP contribution is 2.33. The molecule has 1 aromatic rings. The van der Waals surface area contributed by atoms with Gasteiger partial charge >= 0.3 is 0 Å². The molecule has 106 valence electrons. The van der Waals surface area contributed by atoms with Gasteiger partial charge < -0.3 is 4.74 Å². The van der Waals surface area contributed by atoms with Gasteiger partial charge in [0.1, 0.15) is 5.75 Å². The predicted molar refractivity (Wildman–Crippen MR) is 85.3 cm³/mol. The summed E-state index contributed by atoms with van der Waals surface area (Å²) < 4.78 is 7.80. The van der Waals surface area contributed by atoms with Gasteiger partial charge in [-0.2, -0.15) is 0 Å². The first-order valence-corrected chi connectivity index (χ1v) is 8.38. The number of benzene rings is 1. The second-order valence-corrected chi connectivity index (χ2v) is 6.46. The predicted octanol–water partition coefficient (Wildman–Crippen LogP) is 4.10. The molecular weight excluding hydrogens is 372 g/mol. The molecule has 2 rings (SSSR count). The van der Waals surface area contributed by atoms with Crippen LogP contribution in [-0.2, 0) is 6.54 Å². The summed E-state index contributed by atoms with van der Waals surface area (Å²) in [5.74, 6) is 0.940. The van der Waals surface area contributed by atoms with Crippen LogP contribution >= 0.6 is 31.9 Å². The number of halogens is 2. The van der Waals surface area contributed by atoms with Crippen molar-refractivity contribution in [2.45, 2.75) is 32.7 Å². The van der Waals surface area contributed by atoms with E-state index in [1.54, 1.807) is 0 Å². The third-order valence-corrected chi connectivity index (χ3v) is 4.27. The zero-order valence-electron chi connectivity index (χ0n) is 11.2. The standard InChI is InChI=1S/C14H20Br2N2O/c1-2-19-14-11(8-12(15)9-13(14)16)10-17-18-6-4-3-5-7-18/h8-9,17H,2-7,10H2,1H3. The highest BCUT2D eigenvalue weighted by molar-refractivity contribution is 9.11. The van der Waals surface area contributed by atoms with Crippen LogP contribution in [0.1, 0.15) is 31.7 Å². The molecule has 0 spiro atoms. The Kier molecular flexibility index (Phi) is 6.13. The Labute approximate surface area is 131 Å². The fourth-order valence-electron chi connectivity index (χ4n) is 2.30. The van der Waals surface area contributed by atoms with Crippen molar-refractivity contribution in [3.63, 3.8) is 0 Å². The van der Waals surface area contributed by atoms with E-state index < -0.39 is 0 Å². The van der Waals surface area contributed by atoms with Crippen molar-refractivity contribution in [1.29, 1.82) is 0 Å².